The van der Waals surface area contributed by atoms with Crippen LogP contribution in [0.2, 0.25) is 0 Å². The fourth-order valence-corrected chi connectivity index (χ4v) is 5.32. The van der Waals surface area contributed by atoms with Gasteiger partial charge in [-0.2, -0.15) is 11.3 Å². The highest BCUT2D eigenvalue weighted by molar-refractivity contribution is 7.98. The van der Waals surface area contributed by atoms with Gasteiger partial charge in [-0.05, 0) is 59.5 Å². The van der Waals surface area contributed by atoms with Gasteiger partial charge in [-0.1, -0.05) is 30.3 Å². The maximum Gasteiger partial charge on any atom is 0.254 e. The van der Waals surface area contributed by atoms with Gasteiger partial charge in [0.25, 0.3) is 11.8 Å². The van der Waals surface area contributed by atoms with Crippen LogP contribution in [-0.2, 0) is 5.75 Å². The van der Waals surface area contributed by atoms with Crippen molar-refractivity contribution in [1.29, 1.82) is 0 Å². The van der Waals surface area contributed by atoms with Crippen LogP contribution in [0.15, 0.2) is 76.3 Å². The number of nitrogens with one attached hydrogen (secondary N) is 1. The van der Waals surface area contributed by atoms with Crippen molar-refractivity contribution in [3.8, 4) is 0 Å². The summed E-state index contributed by atoms with van der Waals surface area (Å²) in [5.41, 5.74) is 2.72. The summed E-state index contributed by atoms with van der Waals surface area (Å²) in [6, 6.07) is 19.3. The number of benzene rings is 2. The van der Waals surface area contributed by atoms with E-state index < -0.39 is 0 Å². The zero-order valence-corrected chi connectivity index (χ0v) is 18.3. The van der Waals surface area contributed by atoms with E-state index in [1.165, 1.54) is 5.56 Å². The maximum atomic E-state index is 13.2. The molecule has 1 aliphatic rings. The van der Waals surface area contributed by atoms with Gasteiger partial charge in [-0.25, -0.2) is 0 Å². The molecule has 154 valence electrons. The van der Waals surface area contributed by atoms with Crippen molar-refractivity contribution in [2.75, 3.05) is 13.1 Å². The molecule has 0 aliphatic carbocycles. The van der Waals surface area contributed by atoms with Crippen LogP contribution in [0.3, 0.4) is 0 Å². The highest BCUT2D eigenvalue weighted by Gasteiger charge is 2.26. The molecule has 0 radical (unpaired) electrons. The second-order valence-electron chi connectivity index (χ2n) is 7.32. The van der Waals surface area contributed by atoms with E-state index in [9.17, 15) is 9.59 Å². The lowest BCUT2D eigenvalue weighted by Gasteiger charge is -2.32. The highest BCUT2D eigenvalue weighted by Crippen LogP contribution is 2.28. The van der Waals surface area contributed by atoms with Crippen molar-refractivity contribution in [3.63, 3.8) is 0 Å². The van der Waals surface area contributed by atoms with E-state index in [1.54, 1.807) is 23.1 Å². The quantitative estimate of drug-likeness (QED) is 0.549. The lowest BCUT2D eigenvalue weighted by Crippen LogP contribution is -2.46. The Balaban J connectivity index is 1.34. The van der Waals surface area contributed by atoms with Gasteiger partial charge in [0, 0.05) is 35.3 Å². The molecular weight excluding hydrogens is 412 g/mol. The number of thiophene rings is 1. The zero-order valence-electron chi connectivity index (χ0n) is 16.6. The van der Waals surface area contributed by atoms with Crippen molar-refractivity contribution in [2.45, 2.75) is 29.5 Å². The molecule has 6 heteroatoms. The number of carbonyl (C=O) groups excluding carboxylic acids is 2. The predicted molar refractivity (Wildman–Crippen MR) is 123 cm³/mol. The Hall–Kier alpha value is -2.57. The van der Waals surface area contributed by atoms with Crippen LogP contribution < -0.4 is 5.32 Å². The average Bonchev–Trinajstić information content (AvgIpc) is 3.32. The summed E-state index contributed by atoms with van der Waals surface area (Å²) in [7, 11) is 0. The molecule has 0 saturated carbocycles. The Bertz CT molecular complexity index is 981. The Morgan fingerprint density at radius 2 is 1.73 bits per heavy atom. The Morgan fingerprint density at radius 3 is 2.47 bits per heavy atom. The van der Waals surface area contributed by atoms with Gasteiger partial charge in [-0.3, -0.25) is 9.59 Å². The van der Waals surface area contributed by atoms with Crippen molar-refractivity contribution < 1.29 is 9.59 Å². The molecule has 1 N–H and O–H groups in total. The van der Waals surface area contributed by atoms with Gasteiger partial charge in [0.1, 0.15) is 0 Å². The molecule has 0 unspecified atom stereocenters. The Morgan fingerprint density at radius 1 is 1.00 bits per heavy atom. The second kappa shape index (κ2) is 9.96. The van der Waals surface area contributed by atoms with E-state index in [1.807, 2.05) is 59.5 Å². The minimum atomic E-state index is -0.0458. The second-order valence-corrected chi connectivity index (χ2v) is 9.12. The normalized spacial score (nSPS) is 14.5. The van der Waals surface area contributed by atoms with Crippen LogP contribution in [0.5, 0.6) is 0 Å². The first kappa shape index (κ1) is 20.7. The molecule has 0 atom stereocenters. The molecule has 2 amide bonds. The van der Waals surface area contributed by atoms with E-state index in [4.69, 9.17) is 0 Å². The molecule has 30 heavy (non-hydrogen) atoms. The van der Waals surface area contributed by atoms with Crippen molar-refractivity contribution in [3.05, 3.63) is 88.1 Å². The van der Waals surface area contributed by atoms with Gasteiger partial charge in [0.05, 0.1) is 5.56 Å². The number of thioether (sulfide) groups is 1. The summed E-state index contributed by atoms with van der Waals surface area (Å²) >= 11 is 3.40. The molecule has 2 aromatic carbocycles. The third-order valence-corrected chi connectivity index (χ3v) is 7.12. The molecular formula is C24H24N2O2S2. The third kappa shape index (κ3) is 5.12. The summed E-state index contributed by atoms with van der Waals surface area (Å²) in [5, 5.41) is 7.32. The van der Waals surface area contributed by atoms with Crippen LogP contribution in [0.4, 0.5) is 0 Å². The molecule has 3 aromatic rings. The molecule has 0 spiro atoms. The van der Waals surface area contributed by atoms with Crippen LogP contribution in [0.25, 0.3) is 0 Å². The first-order valence-electron chi connectivity index (χ1n) is 10.1. The number of nitrogens with zero attached hydrogens (tertiary/aromatic N) is 1. The predicted octanol–water partition coefficient (Wildman–Crippen LogP) is 5.08. The number of carbonyl (C=O) groups is 2. The molecule has 4 nitrogen and oxygen atoms in total. The molecule has 1 fully saturated rings. The van der Waals surface area contributed by atoms with E-state index in [0.717, 1.165) is 29.1 Å². The standard InChI is InChI=1S/C24H24N2O2S2/c27-23(19-6-2-1-3-7-19)25-20-10-13-26(14-11-20)24(28)21-8-4-5-9-22(21)30-17-18-12-15-29-16-18/h1-9,12,15-16,20H,10-11,13-14,17H2,(H,25,27). The number of likely N-dealkylation sites (tertiary alicyclic amines) is 1. The summed E-state index contributed by atoms with van der Waals surface area (Å²) in [4.78, 5) is 28.5. The average molecular weight is 437 g/mol. The van der Waals surface area contributed by atoms with Gasteiger partial charge < -0.3 is 10.2 Å². The largest absolute Gasteiger partial charge is 0.349 e. The van der Waals surface area contributed by atoms with Crippen LogP contribution >= 0.6 is 23.1 Å². The molecule has 1 aliphatic heterocycles. The van der Waals surface area contributed by atoms with Crippen molar-refractivity contribution in [2.24, 2.45) is 0 Å². The third-order valence-electron chi connectivity index (χ3n) is 5.25. The number of amides is 2. The number of piperidine rings is 1. The molecule has 0 bridgehead atoms. The Kier molecular flexibility index (Phi) is 6.87. The van der Waals surface area contributed by atoms with Crippen LogP contribution in [0.1, 0.15) is 39.1 Å². The van der Waals surface area contributed by atoms with E-state index in [2.05, 4.69) is 22.1 Å². The highest BCUT2D eigenvalue weighted by atomic mass is 32.2. The zero-order chi connectivity index (χ0) is 20.8. The summed E-state index contributed by atoms with van der Waals surface area (Å²) in [6.45, 7) is 1.31. The molecule has 2 heterocycles. The van der Waals surface area contributed by atoms with Gasteiger partial charge in [0.15, 0.2) is 0 Å². The van der Waals surface area contributed by atoms with Crippen LogP contribution in [0, 0.1) is 0 Å². The lowest BCUT2D eigenvalue weighted by atomic mass is 10.0. The van der Waals surface area contributed by atoms with Crippen molar-refractivity contribution in [1.82, 2.24) is 10.2 Å². The summed E-state index contributed by atoms with van der Waals surface area (Å²) < 4.78 is 0. The minimum Gasteiger partial charge on any atom is -0.349 e. The van der Waals surface area contributed by atoms with E-state index >= 15 is 0 Å². The number of hydrogen-bond acceptors (Lipinski definition) is 4. The number of hydrogen-bond donors (Lipinski definition) is 1. The van der Waals surface area contributed by atoms with E-state index in [-0.39, 0.29) is 17.9 Å². The van der Waals surface area contributed by atoms with Gasteiger partial charge >= 0.3 is 0 Å². The number of rotatable bonds is 6. The minimum absolute atomic E-state index is 0.0458. The van der Waals surface area contributed by atoms with Crippen LogP contribution in [-0.4, -0.2) is 35.8 Å². The van der Waals surface area contributed by atoms with E-state index in [0.29, 0.717) is 18.7 Å². The maximum absolute atomic E-state index is 13.2. The lowest BCUT2D eigenvalue weighted by molar-refractivity contribution is 0.0694. The fourth-order valence-electron chi connectivity index (χ4n) is 3.56. The smallest absolute Gasteiger partial charge is 0.254 e. The Labute approximate surface area is 185 Å². The monoisotopic (exact) mass is 436 g/mol. The first-order chi connectivity index (χ1) is 14.7. The topological polar surface area (TPSA) is 49.4 Å². The molecule has 1 saturated heterocycles. The van der Waals surface area contributed by atoms with Gasteiger partial charge in [0.2, 0.25) is 0 Å². The fraction of sp³-hybridized carbons (Fsp3) is 0.250. The summed E-state index contributed by atoms with van der Waals surface area (Å²) in [6.07, 6.45) is 1.54. The SMILES string of the molecule is O=C(NC1CCN(C(=O)c2ccccc2SCc2ccsc2)CC1)c1ccccc1. The van der Waals surface area contributed by atoms with Crippen molar-refractivity contribution >= 4 is 34.9 Å². The van der Waals surface area contributed by atoms with Gasteiger partial charge in [-0.15, -0.1) is 11.8 Å². The molecule has 4 rings (SSSR count). The first-order valence-corrected chi connectivity index (χ1v) is 12.0. The summed E-state index contributed by atoms with van der Waals surface area (Å²) in [5.74, 6) is 0.897. The molecule has 1 aromatic heterocycles.